The number of ether oxygens (including phenoxy) is 3. The van der Waals surface area contributed by atoms with Crippen molar-refractivity contribution in [2.24, 2.45) is 0 Å². The Kier molecular flexibility index (Phi) is 10.7. The minimum Gasteiger partial charge on any atom is -0.491 e. The normalized spacial score (nSPS) is 13.2. The highest BCUT2D eigenvalue weighted by molar-refractivity contribution is 6.31. The standard InChI is InChI=1S/C30H33Cl2N5O6/c1-30(2,3)43-29(40)33-10-13-42-25-17-21(37-11-14-41-15-12-37)6-8-23(25)28(39)35-24-16-19(31)4-7-22(24)27(38)36-26-9-5-20(32)18-34-26/h4-9,16-18H,10-15H2,1-3H3,(H,33,40)(H,35,39)(H,34,36,38). The van der Waals surface area contributed by atoms with Crippen LogP contribution in [0.5, 0.6) is 5.75 Å². The first-order valence-electron chi connectivity index (χ1n) is 13.6. The number of halogens is 2. The highest BCUT2D eigenvalue weighted by atomic mass is 35.5. The van der Waals surface area contributed by atoms with Gasteiger partial charge in [0.2, 0.25) is 0 Å². The van der Waals surface area contributed by atoms with Crippen molar-refractivity contribution in [3.05, 3.63) is 75.9 Å². The Hall–Kier alpha value is -4.06. The molecule has 13 heteroatoms. The predicted octanol–water partition coefficient (Wildman–Crippen LogP) is 5.63. The Labute approximate surface area is 259 Å². The maximum atomic E-state index is 13.6. The molecule has 0 radical (unpaired) electrons. The molecule has 3 N–H and O–H groups in total. The summed E-state index contributed by atoms with van der Waals surface area (Å²) in [6.45, 7) is 8.09. The van der Waals surface area contributed by atoms with Crippen LogP contribution in [0.4, 0.5) is 22.0 Å². The van der Waals surface area contributed by atoms with Crippen molar-refractivity contribution in [3.8, 4) is 5.75 Å². The van der Waals surface area contributed by atoms with E-state index in [9.17, 15) is 14.4 Å². The zero-order valence-electron chi connectivity index (χ0n) is 24.0. The van der Waals surface area contributed by atoms with E-state index >= 15 is 0 Å². The first-order valence-corrected chi connectivity index (χ1v) is 14.3. The van der Waals surface area contributed by atoms with Gasteiger partial charge in [0.05, 0.1) is 41.6 Å². The van der Waals surface area contributed by atoms with Gasteiger partial charge in [-0.2, -0.15) is 0 Å². The lowest BCUT2D eigenvalue weighted by Gasteiger charge is -2.29. The first kappa shape index (κ1) is 31.9. The number of nitrogens with zero attached hydrogens (tertiary/aromatic N) is 2. The molecule has 2 aromatic carbocycles. The minimum absolute atomic E-state index is 0.0744. The number of amides is 3. The molecule has 0 spiro atoms. The molecule has 0 saturated carbocycles. The highest BCUT2D eigenvalue weighted by Crippen LogP contribution is 2.29. The van der Waals surface area contributed by atoms with E-state index in [0.717, 1.165) is 5.69 Å². The summed E-state index contributed by atoms with van der Waals surface area (Å²) in [5.74, 6) is -0.444. The third-order valence-corrected chi connectivity index (χ3v) is 6.52. The van der Waals surface area contributed by atoms with E-state index in [-0.39, 0.29) is 35.8 Å². The van der Waals surface area contributed by atoms with Crippen molar-refractivity contribution in [1.82, 2.24) is 10.3 Å². The molecule has 0 unspecified atom stereocenters. The third-order valence-electron chi connectivity index (χ3n) is 6.06. The van der Waals surface area contributed by atoms with Crippen LogP contribution < -0.4 is 25.6 Å². The van der Waals surface area contributed by atoms with Crippen LogP contribution >= 0.6 is 23.2 Å². The quantitative estimate of drug-likeness (QED) is 0.259. The van der Waals surface area contributed by atoms with E-state index in [1.54, 1.807) is 51.1 Å². The number of pyridine rings is 1. The van der Waals surface area contributed by atoms with Gasteiger partial charge >= 0.3 is 6.09 Å². The van der Waals surface area contributed by atoms with E-state index < -0.39 is 23.5 Å². The van der Waals surface area contributed by atoms with Crippen molar-refractivity contribution in [2.75, 3.05) is 55.0 Å². The first-order chi connectivity index (χ1) is 20.5. The van der Waals surface area contributed by atoms with Crippen molar-refractivity contribution in [3.63, 3.8) is 0 Å². The smallest absolute Gasteiger partial charge is 0.407 e. The van der Waals surface area contributed by atoms with E-state index in [4.69, 9.17) is 37.4 Å². The highest BCUT2D eigenvalue weighted by Gasteiger charge is 2.21. The minimum atomic E-state index is -0.635. The molecule has 1 aliphatic heterocycles. The van der Waals surface area contributed by atoms with Crippen LogP contribution in [0, 0.1) is 0 Å². The fourth-order valence-corrected chi connectivity index (χ4v) is 4.39. The molecule has 0 atom stereocenters. The summed E-state index contributed by atoms with van der Waals surface area (Å²) in [4.78, 5) is 44.9. The summed E-state index contributed by atoms with van der Waals surface area (Å²) < 4.78 is 16.7. The molecule has 228 valence electrons. The average Bonchev–Trinajstić information content (AvgIpc) is 2.96. The Morgan fingerprint density at radius 2 is 1.63 bits per heavy atom. The van der Waals surface area contributed by atoms with Crippen LogP contribution in [0.25, 0.3) is 0 Å². The number of aromatic nitrogens is 1. The monoisotopic (exact) mass is 629 g/mol. The molecule has 2 heterocycles. The van der Waals surface area contributed by atoms with Crippen LogP contribution in [-0.4, -0.2) is 67.9 Å². The fraction of sp³-hybridized carbons (Fsp3) is 0.333. The van der Waals surface area contributed by atoms with Crippen LogP contribution in [0.1, 0.15) is 41.5 Å². The second-order valence-corrected chi connectivity index (χ2v) is 11.4. The summed E-state index contributed by atoms with van der Waals surface area (Å²) in [6, 6.07) is 12.9. The molecule has 1 saturated heterocycles. The molecule has 3 amide bonds. The summed E-state index contributed by atoms with van der Waals surface area (Å²) >= 11 is 12.1. The Morgan fingerprint density at radius 3 is 2.33 bits per heavy atom. The number of morpholine rings is 1. The number of hydrogen-bond acceptors (Lipinski definition) is 8. The van der Waals surface area contributed by atoms with Crippen molar-refractivity contribution < 1.29 is 28.6 Å². The van der Waals surface area contributed by atoms with E-state index in [1.807, 2.05) is 6.07 Å². The second kappa shape index (κ2) is 14.4. The van der Waals surface area contributed by atoms with Crippen LogP contribution in [-0.2, 0) is 9.47 Å². The number of alkyl carbamates (subject to hydrolysis) is 1. The van der Waals surface area contributed by atoms with Gasteiger partial charge in [-0.25, -0.2) is 9.78 Å². The molecule has 11 nitrogen and oxygen atoms in total. The molecule has 1 aromatic heterocycles. The Balaban J connectivity index is 1.53. The zero-order valence-corrected chi connectivity index (χ0v) is 25.6. The van der Waals surface area contributed by atoms with Crippen molar-refractivity contribution in [1.29, 1.82) is 0 Å². The van der Waals surface area contributed by atoms with Crippen molar-refractivity contribution >= 4 is 58.3 Å². The second-order valence-electron chi connectivity index (χ2n) is 10.5. The summed E-state index contributed by atoms with van der Waals surface area (Å²) in [6.07, 6.45) is 0.837. The molecule has 4 rings (SSSR count). The number of carbonyl (C=O) groups is 3. The number of carbonyl (C=O) groups excluding carboxylic acids is 3. The number of nitrogens with one attached hydrogen (secondary N) is 3. The number of hydrogen-bond donors (Lipinski definition) is 3. The average molecular weight is 631 g/mol. The van der Waals surface area contributed by atoms with E-state index in [1.165, 1.54) is 18.3 Å². The van der Waals surface area contributed by atoms with Gasteiger partial charge in [-0.05, 0) is 63.2 Å². The van der Waals surface area contributed by atoms with Gasteiger partial charge in [-0.3, -0.25) is 9.59 Å². The molecule has 1 aliphatic rings. The van der Waals surface area contributed by atoms with E-state index in [2.05, 4.69) is 25.8 Å². The summed E-state index contributed by atoms with van der Waals surface area (Å²) in [7, 11) is 0. The van der Waals surface area contributed by atoms with Crippen molar-refractivity contribution in [2.45, 2.75) is 26.4 Å². The molecule has 43 heavy (non-hydrogen) atoms. The topological polar surface area (TPSA) is 131 Å². The third kappa shape index (κ3) is 9.47. The molecule has 1 fully saturated rings. The van der Waals surface area contributed by atoms with Gasteiger partial charge in [-0.15, -0.1) is 0 Å². The maximum absolute atomic E-state index is 13.6. The summed E-state index contributed by atoms with van der Waals surface area (Å²) in [5, 5.41) is 8.86. The molecular formula is C30H33Cl2N5O6. The Bertz CT molecular complexity index is 1460. The number of anilines is 3. The fourth-order valence-electron chi connectivity index (χ4n) is 4.11. The van der Waals surface area contributed by atoms with Gasteiger partial charge < -0.3 is 35.1 Å². The maximum Gasteiger partial charge on any atom is 0.407 e. The Morgan fingerprint density at radius 1 is 0.930 bits per heavy atom. The molecule has 0 bridgehead atoms. The lowest BCUT2D eigenvalue weighted by Crippen LogP contribution is -2.36. The lowest BCUT2D eigenvalue weighted by atomic mass is 10.1. The molecular weight excluding hydrogens is 597 g/mol. The van der Waals surface area contributed by atoms with Gasteiger partial charge in [0.1, 0.15) is 23.8 Å². The molecule has 3 aromatic rings. The molecule has 0 aliphatic carbocycles. The predicted molar refractivity (Wildman–Crippen MR) is 166 cm³/mol. The van der Waals surface area contributed by atoms with E-state index in [0.29, 0.717) is 42.1 Å². The van der Waals surface area contributed by atoms with Crippen LogP contribution in [0.15, 0.2) is 54.7 Å². The number of rotatable bonds is 9. The van der Waals surface area contributed by atoms with Gasteiger partial charge in [0.25, 0.3) is 11.8 Å². The largest absolute Gasteiger partial charge is 0.491 e. The zero-order chi connectivity index (χ0) is 31.0. The SMILES string of the molecule is CC(C)(C)OC(=O)NCCOc1cc(N2CCOCC2)ccc1C(=O)Nc1cc(Cl)ccc1C(=O)Nc1ccc(Cl)cn1. The van der Waals surface area contributed by atoms with Gasteiger partial charge in [0.15, 0.2) is 0 Å². The van der Waals surface area contributed by atoms with Gasteiger partial charge in [-0.1, -0.05) is 23.2 Å². The lowest BCUT2D eigenvalue weighted by molar-refractivity contribution is 0.0519. The van der Waals surface area contributed by atoms with Crippen LogP contribution in [0.3, 0.4) is 0 Å². The number of benzene rings is 2. The van der Waals surface area contributed by atoms with Crippen LogP contribution in [0.2, 0.25) is 10.0 Å². The summed E-state index contributed by atoms with van der Waals surface area (Å²) in [5.41, 5.74) is 0.805. The van der Waals surface area contributed by atoms with Gasteiger partial charge in [0, 0.05) is 36.1 Å².